The Kier molecular flexibility index (Phi) is 6.06. The second kappa shape index (κ2) is 8.88. The van der Waals surface area contributed by atoms with Crippen LogP contribution in [0, 0.1) is 24.7 Å². The molecule has 0 amide bonds. The van der Waals surface area contributed by atoms with Gasteiger partial charge in [-0.25, -0.2) is 0 Å². The SMILES string of the molecule is Cc1cc(OC[C@@H]2CCCCO2)cc(=O)n1[C@H](C)c1ccc(C#CC2CC2)cc1. The third-order valence-electron chi connectivity index (χ3n) is 5.72. The van der Waals surface area contributed by atoms with Crippen molar-refractivity contribution in [3.63, 3.8) is 0 Å². The molecule has 2 fully saturated rings. The van der Waals surface area contributed by atoms with Gasteiger partial charge in [0.25, 0.3) is 5.56 Å². The van der Waals surface area contributed by atoms with Crippen LogP contribution >= 0.6 is 0 Å². The fraction of sp³-hybridized carbons (Fsp3) is 0.480. The van der Waals surface area contributed by atoms with E-state index in [9.17, 15) is 4.79 Å². The molecule has 2 aromatic rings. The van der Waals surface area contributed by atoms with E-state index < -0.39 is 0 Å². The van der Waals surface area contributed by atoms with E-state index in [1.165, 1.54) is 19.3 Å². The largest absolute Gasteiger partial charge is 0.491 e. The van der Waals surface area contributed by atoms with Crippen molar-refractivity contribution in [1.29, 1.82) is 0 Å². The molecule has 1 aliphatic heterocycles. The summed E-state index contributed by atoms with van der Waals surface area (Å²) < 4.78 is 13.4. The van der Waals surface area contributed by atoms with E-state index in [0.29, 0.717) is 18.3 Å². The molecule has 1 aromatic carbocycles. The highest BCUT2D eigenvalue weighted by molar-refractivity contribution is 5.38. The number of ether oxygens (including phenoxy) is 2. The maximum absolute atomic E-state index is 12.8. The van der Waals surface area contributed by atoms with Crippen LogP contribution in [0.15, 0.2) is 41.2 Å². The zero-order chi connectivity index (χ0) is 20.2. The van der Waals surface area contributed by atoms with E-state index in [1.54, 1.807) is 6.07 Å². The number of hydrogen-bond acceptors (Lipinski definition) is 3. The summed E-state index contributed by atoms with van der Waals surface area (Å²) in [5.74, 6) is 7.74. The molecule has 0 unspecified atom stereocenters. The van der Waals surface area contributed by atoms with Crippen molar-refractivity contribution in [2.24, 2.45) is 5.92 Å². The maximum atomic E-state index is 12.8. The monoisotopic (exact) mass is 391 g/mol. The summed E-state index contributed by atoms with van der Waals surface area (Å²) in [5, 5.41) is 0. The average molecular weight is 392 g/mol. The van der Waals surface area contributed by atoms with Crippen molar-refractivity contribution in [2.45, 2.75) is 58.1 Å². The summed E-state index contributed by atoms with van der Waals surface area (Å²) in [4.78, 5) is 12.8. The Bertz CT molecular complexity index is 954. The molecule has 1 saturated heterocycles. The van der Waals surface area contributed by atoms with Gasteiger partial charge >= 0.3 is 0 Å². The van der Waals surface area contributed by atoms with Crippen molar-refractivity contribution >= 4 is 0 Å². The first-order chi connectivity index (χ1) is 14.1. The van der Waals surface area contributed by atoms with Crippen LogP contribution in [0.3, 0.4) is 0 Å². The zero-order valence-electron chi connectivity index (χ0n) is 17.3. The fourth-order valence-corrected chi connectivity index (χ4v) is 3.80. The number of pyridine rings is 1. The molecular weight excluding hydrogens is 362 g/mol. The lowest BCUT2D eigenvalue weighted by atomic mass is 10.1. The highest BCUT2D eigenvalue weighted by atomic mass is 16.5. The second-order valence-electron chi connectivity index (χ2n) is 8.18. The van der Waals surface area contributed by atoms with E-state index in [2.05, 4.69) is 30.9 Å². The van der Waals surface area contributed by atoms with E-state index in [1.807, 2.05) is 29.7 Å². The average Bonchev–Trinajstić information content (AvgIpc) is 3.56. The lowest BCUT2D eigenvalue weighted by Gasteiger charge is -2.23. The van der Waals surface area contributed by atoms with E-state index in [0.717, 1.165) is 36.3 Å². The van der Waals surface area contributed by atoms with Gasteiger partial charge in [0.2, 0.25) is 0 Å². The Balaban J connectivity index is 1.45. The first kappa shape index (κ1) is 19.8. The molecule has 1 aromatic heterocycles. The molecule has 1 aliphatic carbocycles. The number of rotatable bonds is 5. The Morgan fingerprint density at radius 2 is 1.97 bits per heavy atom. The summed E-state index contributed by atoms with van der Waals surface area (Å²) in [6.07, 6.45) is 5.92. The van der Waals surface area contributed by atoms with Gasteiger partial charge in [-0.05, 0) is 69.7 Å². The van der Waals surface area contributed by atoms with Gasteiger partial charge in [0, 0.05) is 29.8 Å². The minimum absolute atomic E-state index is 0.0466. The minimum Gasteiger partial charge on any atom is -0.491 e. The molecule has 2 heterocycles. The van der Waals surface area contributed by atoms with E-state index in [4.69, 9.17) is 9.47 Å². The van der Waals surface area contributed by atoms with Gasteiger partial charge in [0.05, 0.1) is 12.1 Å². The standard InChI is InChI=1S/C25H29NO3/c1-18-15-24(29-17-23-5-3-4-14-28-23)16-25(27)26(18)19(2)22-12-10-21(11-13-22)9-8-20-6-7-20/h10-13,15-16,19-20,23H,3-7,14,17H2,1-2H3/t19-,23+/m1/s1. The summed E-state index contributed by atoms with van der Waals surface area (Å²) in [5.41, 5.74) is 2.97. The van der Waals surface area contributed by atoms with E-state index >= 15 is 0 Å². The number of aromatic nitrogens is 1. The van der Waals surface area contributed by atoms with Crippen LogP contribution in [0.1, 0.15) is 61.9 Å². The first-order valence-corrected chi connectivity index (χ1v) is 10.7. The molecule has 152 valence electrons. The second-order valence-corrected chi connectivity index (χ2v) is 8.18. The maximum Gasteiger partial charge on any atom is 0.254 e. The Morgan fingerprint density at radius 1 is 1.17 bits per heavy atom. The van der Waals surface area contributed by atoms with Crippen LogP contribution in [0.5, 0.6) is 5.75 Å². The zero-order valence-corrected chi connectivity index (χ0v) is 17.3. The Labute approximate surface area is 172 Å². The molecule has 0 bridgehead atoms. The predicted molar refractivity (Wildman–Crippen MR) is 114 cm³/mol. The third-order valence-corrected chi connectivity index (χ3v) is 5.72. The molecule has 2 aliphatic rings. The van der Waals surface area contributed by atoms with Crippen molar-refractivity contribution in [2.75, 3.05) is 13.2 Å². The van der Waals surface area contributed by atoms with Gasteiger partial charge in [0.15, 0.2) is 0 Å². The summed E-state index contributed by atoms with van der Waals surface area (Å²) in [6.45, 7) is 5.31. The molecule has 1 saturated carbocycles. The highest BCUT2D eigenvalue weighted by Crippen LogP contribution is 2.27. The number of aryl methyl sites for hydroxylation is 1. The van der Waals surface area contributed by atoms with E-state index in [-0.39, 0.29) is 17.7 Å². The minimum atomic E-state index is -0.0522. The first-order valence-electron chi connectivity index (χ1n) is 10.7. The molecule has 4 rings (SSSR count). The Morgan fingerprint density at radius 3 is 2.62 bits per heavy atom. The van der Waals surface area contributed by atoms with Gasteiger partial charge in [-0.15, -0.1) is 0 Å². The van der Waals surface area contributed by atoms with Gasteiger partial charge in [-0.3, -0.25) is 4.79 Å². The fourth-order valence-electron chi connectivity index (χ4n) is 3.80. The van der Waals surface area contributed by atoms with Crippen LogP contribution in [0.25, 0.3) is 0 Å². The van der Waals surface area contributed by atoms with Gasteiger partial charge in [-0.2, -0.15) is 0 Å². The quantitative estimate of drug-likeness (QED) is 0.706. The molecule has 2 atom stereocenters. The van der Waals surface area contributed by atoms with Crippen LogP contribution < -0.4 is 10.3 Å². The van der Waals surface area contributed by atoms with Crippen LogP contribution in [-0.4, -0.2) is 23.9 Å². The smallest absolute Gasteiger partial charge is 0.254 e. The highest BCUT2D eigenvalue weighted by Gasteiger charge is 2.18. The summed E-state index contributed by atoms with van der Waals surface area (Å²) in [6, 6.07) is 11.7. The molecular formula is C25H29NO3. The van der Waals surface area contributed by atoms with Crippen molar-refractivity contribution < 1.29 is 9.47 Å². The Hall–Kier alpha value is -2.51. The molecule has 4 nitrogen and oxygen atoms in total. The number of benzene rings is 1. The van der Waals surface area contributed by atoms with Crippen molar-refractivity contribution in [3.8, 4) is 17.6 Å². The number of hydrogen-bond donors (Lipinski definition) is 0. The predicted octanol–water partition coefficient (Wildman–Crippen LogP) is 4.48. The van der Waals surface area contributed by atoms with Crippen LogP contribution in [-0.2, 0) is 4.74 Å². The van der Waals surface area contributed by atoms with Crippen LogP contribution in [0.4, 0.5) is 0 Å². The molecule has 4 heteroatoms. The lowest BCUT2D eigenvalue weighted by molar-refractivity contribution is -0.0111. The van der Waals surface area contributed by atoms with Crippen molar-refractivity contribution in [3.05, 3.63) is 63.6 Å². The third kappa shape index (κ3) is 5.10. The van der Waals surface area contributed by atoms with Crippen molar-refractivity contribution in [1.82, 2.24) is 4.57 Å². The van der Waals surface area contributed by atoms with Gasteiger partial charge < -0.3 is 14.0 Å². The molecule has 29 heavy (non-hydrogen) atoms. The normalized spacial score (nSPS) is 19.9. The summed E-state index contributed by atoms with van der Waals surface area (Å²) >= 11 is 0. The lowest BCUT2D eigenvalue weighted by Crippen LogP contribution is -2.28. The summed E-state index contributed by atoms with van der Waals surface area (Å²) in [7, 11) is 0. The van der Waals surface area contributed by atoms with Crippen LogP contribution in [0.2, 0.25) is 0 Å². The topological polar surface area (TPSA) is 40.5 Å². The molecule has 0 spiro atoms. The molecule has 0 N–H and O–H groups in total. The van der Waals surface area contributed by atoms with Gasteiger partial charge in [0.1, 0.15) is 12.4 Å². The van der Waals surface area contributed by atoms with Gasteiger partial charge in [-0.1, -0.05) is 24.0 Å². The number of nitrogens with zero attached hydrogens (tertiary/aromatic N) is 1. The molecule has 0 radical (unpaired) electrons.